The maximum absolute atomic E-state index is 11.8. The van der Waals surface area contributed by atoms with Gasteiger partial charge >= 0.3 is 0 Å². The van der Waals surface area contributed by atoms with Crippen molar-refractivity contribution in [2.24, 2.45) is 0 Å². The summed E-state index contributed by atoms with van der Waals surface area (Å²) in [5.74, 6) is 0.583. The molecule has 0 atom stereocenters. The van der Waals surface area contributed by atoms with E-state index in [4.69, 9.17) is 0 Å². The van der Waals surface area contributed by atoms with Crippen molar-refractivity contribution in [2.75, 3.05) is 0 Å². The third-order valence-corrected chi connectivity index (χ3v) is 2.56. The minimum absolute atomic E-state index is 0.121. The first kappa shape index (κ1) is 10.5. The molecule has 90 valence electrons. The van der Waals surface area contributed by atoms with Crippen molar-refractivity contribution < 1.29 is 0 Å². The number of imidazole rings is 1. The van der Waals surface area contributed by atoms with Crippen LogP contribution in [0.2, 0.25) is 0 Å². The SMILES string of the molecule is O=c1cc(Cn2ccnc2)[nH]n1-c1ccccn1. The molecule has 1 N–H and O–H groups in total. The van der Waals surface area contributed by atoms with Gasteiger partial charge in [0.1, 0.15) is 0 Å². The quantitative estimate of drug-likeness (QED) is 0.737. The Bertz CT molecular complexity index is 681. The van der Waals surface area contributed by atoms with E-state index in [0.29, 0.717) is 12.4 Å². The molecule has 0 saturated heterocycles. The van der Waals surface area contributed by atoms with Crippen LogP contribution in [0.25, 0.3) is 5.82 Å². The molecule has 0 unspecified atom stereocenters. The Hall–Kier alpha value is -2.63. The van der Waals surface area contributed by atoms with Gasteiger partial charge in [-0.05, 0) is 12.1 Å². The molecule has 3 aromatic heterocycles. The van der Waals surface area contributed by atoms with E-state index in [9.17, 15) is 4.79 Å². The van der Waals surface area contributed by atoms with Crippen LogP contribution in [0.1, 0.15) is 5.69 Å². The normalized spacial score (nSPS) is 10.7. The van der Waals surface area contributed by atoms with Gasteiger partial charge in [0.05, 0.1) is 18.6 Å². The zero-order valence-electron chi connectivity index (χ0n) is 9.52. The van der Waals surface area contributed by atoms with Gasteiger partial charge in [-0.25, -0.2) is 14.6 Å². The Morgan fingerprint density at radius 3 is 2.94 bits per heavy atom. The molecule has 0 amide bonds. The highest BCUT2D eigenvalue weighted by molar-refractivity contribution is 5.21. The second-order valence-electron chi connectivity index (χ2n) is 3.88. The summed E-state index contributed by atoms with van der Waals surface area (Å²) in [6.07, 6.45) is 6.90. The number of hydrogen-bond donors (Lipinski definition) is 1. The number of nitrogens with zero attached hydrogens (tertiary/aromatic N) is 4. The molecule has 0 spiro atoms. The van der Waals surface area contributed by atoms with E-state index in [1.54, 1.807) is 30.9 Å². The predicted molar refractivity (Wildman–Crippen MR) is 65.5 cm³/mol. The Labute approximate surface area is 103 Å². The lowest BCUT2D eigenvalue weighted by atomic mass is 10.4. The maximum Gasteiger partial charge on any atom is 0.272 e. The zero-order chi connectivity index (χ0) is 12.4. The van der Waals surface area contributed by atoms with Crippen LogP contribution in [0.5, 0.6) is 0 Å². The fourth-order valence-electron chi connectivity index (χ4n) is 1.76. The van der Waals surface area contributed by atoms with Crippen LogP contribution < -0.4 is 5.56 Å². The molecule has 3 heterocycles. The van der Waals surface area contributed by atoms with Crippen molar-refractivity contribution in [1.82, 2.24) is 24.3 Å². The largest absolute Gasteiger partial charge is 0.332 e. The summed E-state index contributed by atoms with van der Waals surface area (Å²) in [5.41, 5.74) is 0.687. The van der Waals surface area contributed by atoms with Crippen molar-refractivity contribution in [2.45, 2.75) is 6.54 Å². The standard InChI is InChI=1S/C12H11N5O/c18-12-7-10(8-16-6-5-13-9-16)15-17(12)11-3-1-2-4-14-11/h1-7,9,15H,8H2. The van der Waals surface area contributed by atoms with E-state index in [1.165, 1.54) is 4.68 Å². The van der Waals surface area contributed by atoms with Gasteiger partial charge in [0.15, 0.2) is 5.82 Å². The highest BCUT2D eigenvalue weighted by Crippen LogP contribution is 2.01. The molecule has 0 aliphatic heterocycles. The van der Waals surface area contributed by atoms with Crippen molar-refractivity contribution in [3.8, 4) is 5.82 Å². The minimum atomic E-state index is -0.121. The molecule has 0 fully saturated rings. The number of nitrogens with one attached hydrogen (secondary N) is 1. The second kappa shape index (κ2) is 4.33. The summed E-state index contributed by atoms with van der Waals surface area (Å²) in [6, 6.07) is 6.99. The highest BCUT2D eigenvalue weighted by atomic mass is 16.1. The van der Waals surface area contributed by atoms with Gasteiger partial charge < -0.3 is 4.57 Å². The molecule has 6 heteroatoms. The van der Waals surface area contributed by atoms with Crippen LogP contribution in [0.15, 0.2) is 54.0 Å². The molecule has 0 aliphatic carbocycles. The Balaban J connectivity index is 1.94. The molecular formula is C12H11N5O. The van der Waals surface area contributed by atoms with Gasteiger partial charge in [-0.2, -0.15) is 0 Å². The Morgan fingerprint density at radius 1 is 1.28 bits per heavy atom. The van der Waals surface area contributed by atoms with Crippen LogP contribution in [0.4, 0.5) is 0 Å². The molecule has 0 saturated carbocycles. The first-order valence-electron chi connectivity index (χ1n) is 5.51. The van der Waals surface area contributed by atoms with Crippen LogP contribution in [0.3, 0.4) is 0 Å². The summed E-state index contributed by atoms with van der Waals surface area (Å²) in [7, 11) is 0. The number of pyridine rings is 1. The van der Waals surface area contributed by atoms with Crippen LogP contribution in [-0.2, 0) is 6.54 Å². The molecule has 3 aromatic rings. The molecule has 0 bridgehead atoms. The van der Waals surface area contributed by atoms with E-state index >= 15 is 0 Å². The second-order valence-corrected chi connectivity index (χ2v) is 3.88. The van der Waals surface area contributed by atoms with E-state index in [1.807, 2.05) is 22.9 Å². The fraction of sp³-hybridized carbons (Fsp3) is 0.0833. The zero-order valence-corrected chi connectivity index (χ0v) is 9.52. The van der Waals surface area contributed by atoms with Gasteiger partial charge in [0.2, 0.25) is 0 Å². The van der Waals surface area contributed by atoms with Gasteiger partial charge in [-0.3, -0.25) is 9.89 Å². The summed E-state index contributed by atoms with van der Waals surface area (Å²) in [6.45, 7) is 0.578. The summed E-state index contributed by atoms with van der Waals surface area (Å²) in [4.78, 5) is 19.9. The summed E-state index contributed by atoms with van der Waals surface area (Å²) < 4.78 is 3.31. The number of hydrogen-bond acceptors (Lipinski definition) is 3. The molecular weight excluding hydrogens is 230 g/mol. The molecule has 18 heavy (non-hydrogen) atoms. The van der Waals surface area contributed by atoms with Gasteiger partial charge in [-0.1, -0.05) is 6.07 Å². The van der Waals surface area contributed by atoms with Crippen LogP contribution in [-0.4, -0.2) is 24.3 Å². The maximum atomic E-state index is 11.8. The van der Waals surface area contributed by atoms with E-state index in [0.717, 1.165) is 5.69 Å². The average Bonchev–Trinajstić information content (AvgIpc) is 3.01. The van der Waals surface area contributed by atoms with Crippen molar-refractivity contribution >= 4 is 0 Å². The first-order valence-corrected chi connectivity index (χ1v) is 5.51. The van der Waals surface area contributed by atoms with E-state index in [2.05, 4.69) is 15.1 Å². The molecule has 6 nitrogen and oxygen atoms in total. The molecule has 0 aliphatic rings. The van der Waals surface area contributed by atoms with Crippen molar-refractivity contribution in [3.05, 3.63) is 65.2 Å². The highest BCUT2D eigenvalue weighted by Gasteiger charge is 2.05. The summed E-state index contributed by atoms with van der Waals surface area (Å²) >= 11 is 0. The van der Waals surface area contributed by atoms with Gasteiger partial charge in [0.25, 0.3) is 5.56 Å². The summed E-state index contributed by atoms with van der Waals surface area (Å²) in [5, 5.41) is 3.03. The number of rotatable bonds is 3. The van der Waals surface area contributed by atoms with Crippen LogP contribution >= 0.6 is 0 Å². The van der Waals surface area contributed by atoms with Crippen LogP contribution in [0, 0.1) is 0 Å². The molecule has 0 radical (unpaired) electrons. The van der Waals surface area contributed by atoms with Crippen molar-refractivity contribution in [3.63, 3.8) is 0 Å². The van der Waals surface area contributed by atoms with Gasteiger partial charge in [-0.15, -0.1) is 0 Å². The van der Waals surface area contributed by atoms with Gasteiger partial charge in [0, 0.05) is 24.7 Å². The Kier molecular flexibility index (Phi) is 2.53. The average molecular weight is 241 g/mol. The van der Waals surface area contributed by atoms with E-state index in [-0.39, 0.29) is 5.56 Å². The first-order chi connectivity index (χ1) is 8.83. The number of aromatic amines is 1. The number of aromatic nitrogens is 5. The lowest BCUT2D eigenvalue weighted by Gasteiger charge is -2.01. The van der Waals surface area contributed by atoms with E-state index < -0.39 is 0 Å². The number of H-pyrrole nitrogens is 1. The fourth-order valence-corrected chi connectivity index (χ4v) is 1.76. The lowest BCUT2D eigenvalue weighted by Crippen LogP contribution is -2.14. The Morgan fingerprint density at radius 2 is 2.22 bits per heavy atom. The smallest absolute Gasteiger partial charge is 0.272 e. The molecule has 0 aromatic carbocycles. The lowest BCUT2D eigenvalue weighted by molar-refractivity contribution is 0.733. The minimum Gasteiger partial charge on any atom is -0.332 e. The topological polar surface area (TPSA) is 68.5 Å². The third-order valence-electron chi connectivity index (χ3n) is 2.56. The molecule has 3 rings (SSSR count). The predicted octanol–water partition coefficient (Wildman–Crippen LogP) is 0.805. The third kappa shape index (κ3) is 1.95. The monoisotopic (exact) mass is 241 g/mol. The van der Waals surface area contributed by atoms with Crippen molar-refractivity contribution in [1.29, 1.82) is 0 Å².